The van der Waals surface area contributed by atoms with E-state index in [1.807, 2.05) is 13.8 Å². The molecular weight excluding hydrogens is 645 g/mol. The van der Waals surface area contributed by atoms with Gasteiger partial charge < -0.3 is 13.6 Å². The summed E-state index contributed by atoms with van der Waals surface area (Å²) in [5.74, 6) is 0. The lowest BCUT2D eigenvalue weighted by atomic mass is 9.99. The third-order valence-electron chi connectivity index (χ3n) is 10.7. The Morgan fingerprint density at radius 3 is 1.77 bits per heavy atom. The molecule has 3 heterocycles. The summed E-state index contributed by atoms with van der Waals surface area (Å²) >= 11 is 0. The predicted molar refractivity (Wildman–Crippen MR) is 226 cm³/mol. The van der Waals surface area contributed by atoms with Gasteiger partial charge in [-0.2, -0.15) is 0 Å². The van der Waals surface area contributed by atoms with Crippen molar-refractivity contribution in [1.82, 2.24) is 9.13 Å². The van der Waals surface area contributed by atoms with Crippen LogP contribution in [0.4, 0.5) is 0 Å². The molecule has 0 amide bonds. The number of benzene rings is 7. The number of hydrogen-bond donors (Lipinski definition) is 0. The van der Waals surface area contributed by atoms with Crippen LogP contribution in [0.2, 0.25) is 0 Å². The Hall–Kier alpha value is -6.58. The van der Waals surface area contributed by atoms with E-state index in [1.165, 1.54) is 38.6 Å². The first-order chi connectivity index (χ1) is 26.3. The van der Waals surface area contributed by atoms with Crippen LogP contribution in [-0.2, 0) is 0 Å². The van der Waals surface area contributed by atoms with Gasteiger partial charge in [0.2, 0.25) is 0 Å². The molecule has 0 saturated heterocycles. The summed E-state index contributed by atoms with van der Waals surface area (Å²) in [6.45, 7) is 4.00. The summed E-state index contributed by atoms with van der Waals surface area (Å²) in [6.07, 6.45) is 9.07. The van der Waals surface area contributed by atoms with E-state index in [0.717, 1.165) is 73.5 Å². The highest BCUT2D eigenvalue weighted by molar-refractivity contribution is 6.29. The van der Waals surface area contributed by atoms with E-state index in [1.54, 1.807) is 0 Å². The Morgan fingerprint density at radius 2 is 1.04 bits per heavy atom. The van der Waals surface area contributed by atoms with Gasteiger partial charge in [-0.15, -0.1) is 0 Å². The summed E-state index contributed by atoms with van der Waals surface area (Å²) in [6, 6.07) is 54.9. The van der Waals surface area contributed by atoms with Crippen LogP contribution in [0.25, 0.3) is 93.6 Å². The Balaban J connectivity index is 0.00000172. The molecule has 3 aromatic heterocycles. The van der Waals surface area contributed by atoms with Crippen molar-refractivity contribution in [3.63, 3.8) is 0 Å². The van der Waals surface area contributed by atoms with Crippen LogP contribution >= 0.6 is 0 Å². The highest BCUT2D eigenvalue weighted by atomic mass is 16.3. The topological polar surface area (TPSA) is 23.0 Å². The van der Waals surface area contributed by atoms with Crippen molar-refractivity contribution >= 4 is 71.1 Å². The molecule has 53 heavy (non-hydrogen) atoms. The second kappa shape index (κ2) is 12.6. The van der Waals surface area contributed by atoms with E-state index in [2.05, 4.69) is 179 Å². The minimum absolute atomic E-state index is 0.926. The van der Waals surface area contributed by atoms with Crippen LogP contribution in [-0.4, -0.2) is 9.13 Å². The first-order valence-electron chi connectivity index (χ1n) is 18.8. The molecule has 0 unspecified atom stereocenters. The molecule has 0 spiro atoms. The lowest BCUT2D eigenvalue weighted by Crippen LogP contribution is -1.95. The first kappa shape index (κ1) is 31.2. The van der Waals surface area contributed by atoms with Gasteiger partial charge in [-0.05, 0) is 102 Å². The lowest BCUT2D eigenvalue weighted by molar-refractivity contribution is 0.677. The smallest absolute Gasteiger partial charge is 0.145 e. The lowest BCUT2D eigenvalue weighted by Gasteiger charge is -2.12. The monoisotopic (exact) mass is 682 g/mol. The van der Waals surface area contributed by atoms with Gasteiger partial charge in [0.25, 0.3) is 0 Å². The normalized spacial score (nSPS) is 13.0. The van der Waals surface area contributed by atoms with Gasteiger partial charge in [-0.1, -0.05) is 117 Å². The molecule has 3 heteroatoms. The maximum Gasteiger partial charge on any atom is 0.145 e. The Kier molecular flexibility index (Phi) is 7.40. The van der Waals surface area contributed by atoms with Gasteiger partial charge >= 0.3 is 0 Å². The van der Waals surface area contributed by atoms with Crippen molar-refractivity contribution in [3.8, 4) is 22.5 Å². The highest BCUT2D eigenvalue weighted by Crippen LogP contribution is 2.45. The van der Waals surface area contributed by atoms with Crippen molar-refractivity contribution < 1.29 is 4.42 Å². The van der Waals surface area contributed by atoms with Gasteiger partial charge in [0.05, 0.1) is 32.8 Å². The first-order valence-corrected chi connectivity index (χ1v) is 18.8. The molecule has 0 atom stereocenters. The van der Waals surface area contributed by atoms with E-state index in [-0.39, 0.29) is 0 Å². The van der Waals surface area contributed by atoms with Gasteiger partial charge in [0.1, 0.15) is 11.2 Å². The SMILES string of the molecule is C1=CC(c2cccc(-n3c4ccccc4c4c5oc6c(ccc7c6c6cc(-c8ccccc8)ccc6n7-c6ccccc6)c5ccc43)c2)=CCC1.CC. The summed E-state index contributed by atoms with van der Waals surface area (Å²) < 4.78 is 12.0. The molecule has 0 aliphatic heterocycles. The second-order valence-electron chi connectivity index (χ2n) is 13.6. The Morgan fingerprint density at radius 1 is 0.434 bits per heavy atom. The average molecular weight is 683 g/mol. The third-order valence-corrected chi connectivity index (χ3v) is 10.7. The molecule has 3 nitrogen and oxygen atoms in total. The van der Waals surface area contributed by atoms with Crippen molar-refractivity contribution in [2.24, 2.45) is 0 Å². The number of allylic oxidation sites excluding steroid dienone is 4. The quantitative estimate of drug-likeness (QED) is 0.181. The molecule has 1 aliphatic rings. The van der Waals surface area contributed by atoms with Crippen LogP contribution < -0.4 is 0 Å². The molecule has 0 radical (unpaired) electrons. The zero-order valence-corrected chi connectivity index (χ0v) is 29.9. The number of rotatable bonds is 4. The number of hydrogen-bond acceptors (Lipinski definition) is 1. The number of nitrogens with zero attached hydrogens (tertiary/aromatic N) is 2. The van der Waals surface area contributed by atoms with Crippen molar-refractivity contribution in [1.29, 1.82) is 0 Å². The average Bonchev–Trinajstić information content (AvgIpc) is 3.90. The molecule has 1 aliphatic carbocycles. The summed E-state index contributed by atoms with van der Waals surface area (Å²) in [7, 11) is 0. The Bertz CT molecular complexity index is 3060. The number of fused-ring (bicyclic) bond motifs is 11. The van der Waals surface area contributed by atoms with Gasteiger partial charge in [0, 0.05) is 32.9 Å². The van der Waals surface area contributed by atoms with Gasteiger partial charge in [-0.3, -0.25) is 0 Å². The van der Waals surface area contributed by atoms with Gasteiger partial charge in [0.15, 0.2) is 0 Å². The minimum Gasteiger partial charge on any atom is -0.455 e. The van der Waals surface area contributed by atoms with E-state index < -0.39 is 0 Å². The predicted octanol–water partition coefficient (Wildman–Crippen LogP) is 14.2. The standard InChI is InChI=1S/C48H32N2O.C2H6/c1-4-13-31(14-5-1)33-17-12-20-36(29-33)50-41-22-11-10-21-39(41)45-43(50)27-24-37-38-25-28-44-46(48(38)51-47(37)45)40-30-34(32-15-6-2-7-16-32)23-26-42(40)49(44)35-18-8-3-9-19-35;1-2/h2-4,6-30H,1,5H2;1-2H3. The van der Waals surface area contributed by atoms with E-state index in [9.17, 15) is 0 Å². The fourth-order valence-electron chi connectivity index (χ4n) is 8.44. The summed E-state index contributed by atoms with van der Waals surface area (Å²) in [4.78, 5) is 0. The highest BCUT2D eigenvalue weighted by Gasteiger charge is 2.23. The molecular formula is C50H38N2O. The van der Waals surface area contributed by atoms with Crippen LogP contribution in [0.1, 0.15) is 32.3 Å². The molecule has 254 valence electrons. The maximum absolute atomic E-state index is 7.21. The van der Waals surface area contributed by atoms with E-state index in [4.69, 9.17) is 4.42 Å². The molecule has 0 N–H and O–H groups in total. The zero-order valence-electron chi connectivity index (χ0n) is 29.9. The third kappa shape index (κ3) is 4.81. The molecule has 0 bridgehead atoms. The fraction of sp³-hybridized carbons (Fsp3) is 0.0800. The minimum atomic E-state index is 0.926. The van der Waals surface area contributed by atoms with Gasteiger partial charge in [-0.25, -0.2) is 0 Å². The fourth-order valence-corrected chi connectivity index (χ4v) is 8.44. The molecule has 11 rings (SSSR count). The van der Waals surface area contributed by atoms with Crippen LogP contribution in [0.15, 0.2) is 174 Å². The zero-order chi connectivity index (χ0) is 35.5. The number of para-hydroxylation sites is 2. The molecule has 0 saturated carbocycles. The van der Waals surface area contributed by atoms with E-state index >= 15 is 0 Å². The largest absolute Gasteiger partial charge is 0.455 e. The summed E-state index contributed by atoms with van der Waals surface area (Å²) in [5.41, 5.74) is 13.7. The number of furan rings is 1. The Labute approximate surface area is 308 Å². The molecule has 10 aromatic rings. The van der Waals surface area contributed by atoms with Crippen molar-refractivity contribution in [3.05, 3.63) is 175 Å². The van der Waals surface area contributed by atoms with Crippen LogP contribution in [0.5, 0.6) is 0 Å². The maximum atomic E-state index is 7.21. The van der Waals surface area contributed by atoms with Crippen LogP contribution in [0.3, 0.4) is 0 Å². The van der Waals surface area contributed by atoms with Crippen molar-refractivity contribution in [2.45, 2.75) is 26.7 Å². The van der Waals surface area contributed by atoms with Crippen molar-refractivity contribution in [2.75, 3.05) is 0 Å². The molecule has 7 aromatic carbocycles. The second-order valence-corrected chi connectivity index (χ2v) is 13.6. The van der Waals surface area contributed by atoms with Crippen LogP contribution in [0, 0.1) is 0 Å². The molecule has 0 fully saturated rings. The number of aromatic nitrogens is 2. The van der Waals surface area contributed by atoms with E-state index in [0.29, 0.717) is 0 Å². The summed E-state index contributed by atoms with van der Waals surface area (Å²) in [5, 5.41) is 6.92.